The second-order valence-corrected chi connectivity index (χ2v) is 5.88. The summed E-state index contributed by atoms with van der Waals surface area (Å²) < 4.78 is 38.8. The number of hydrogen-bond acceptors (Lipinski definition) is 8. The number of para-hydroxylation sites is 4. The second kappa shape index (κ2) is 9.75. The number of ether oxygens (including phenoxy) is 5. The number of esters is 1. The Kier molecular flexibility index (Phi) is 7.40. The number of nitrogens with one attached hydrogen (secondary N) is 1. The molecule has 0 aliphatic carbocycles. The smallest absolute Gasteiger partial charge is 0.398 e. The normalized spacial score (nSPS) is 10.9. The van der Waals surface area contributed by atoms with Crippen molar-refractivity contribution in [1.29, 1.82) is 0 Å². The molecule has 2 aromatic carbocycles. The molecule has 27 heavy (non-hydrogen) atoms. The lowest BCUT2D eigenvalue weighted by Crippen LogP contribution is -2.52. The Balaban J connectivity index is 2.39. The molecule has 0 atom stereocenters. The molecule has 2 aromatic rings. The van der Waals surface area contributed by atoms with E-state index in [-0.39, 0.29) is 18.0 Å². The lowest BCUT2D eigenvalue weighted by Gasteiger charge is -2.29. The number of hydrogen-bond donors (Lipinski definition) is 1. The summed E-state index contributed by atoms with van der Waals surface area (Å²) >= 11 is 0. The molecule has 8 nitrogen and oxygen atoms in total. The highest BCUT2D eigenvalue weighted by Crippen LogP contribution is 2.37. The van der Waals surface area contributed by atoms with Crippen LogP contribution in [0.3, 0.4) is 0 Å². The minimum absolute atomic E-state index is 0.260. The number of rotatable bonds is 10. The maximum Gasteiger partial charge on any atom is 0.398 e. The minimum atomic E-state index is -1.93. The van der Waals surface area contributed by atoms with Crippen molar-refractivity contribution in [2.24, 2.45) is 0 Å². The Labute approximate surface area is 158 Å². The van der Waals surface area contributed by atoms with E-state index >= 15 is 0 Å². The van der Waals surface area contributed by atoms with E-state index in [2.05, 4.69) is 10.1 Å². The van der Waals surface area contributed by atoms with Crippen LogP contribution in [0.4, 0.5) is 0 Å². The predicted octanol–water partition coefficient (Wildman–Crippen LogP) is 2.83. The second-order valence-electron chi connectivity index (χ2n) is 5.11. The average molecular weight is 393 g/mol. The van der Waals surface area contributed by atoms with Gasteiger partial charge in [-0.1, -0.05) is 24.3 Å². The maximum atomic E-state index is 12.1. The van der Waals surface area contributed by atoms with Crippen LogP contribution in [0.15, 0.2) is 48.5 Å². The summed E-state index contributed by atoms with van der Waals surface area (Å²) in [6.45, 7) is -0.309. The Hall–Kier alpha value is -2.83. The van der Waals surface area contributed by atoms with E-state index in [1.807, 2.05) is 0 Å². The Morgan fingerprint density at radius 2 is 1.33 bits per heavy atom. The van der Waals surface area contributed by atoms with Crippen LogP contribution in [0.1, 0.15) is 0 Å². The van der Waals surface area contributed by atoms with Gasteiger partial charge in [0.15, 0.2) is 23.0 Å². The van der Waals surface area contributed by atoms with Crippen LogP contribution in [0, 0.1) is 0 Å². The highest BCUT2D eigenvalue weighted by molar-refractivity contribution is 7.25. The summed E-state index contributed by atoms with van der Waals surface area (Å²) in [6.07, 6.45) is 0. The standard InChI is InChI=1S/C18H20NO7P/c1-22-13-8-4-6-10-15(13)25-18(27-21,19-12-17(20)24-3)26-16-11-7-5-9-14(16)23-2/h4-11,19H,12H2,1-3H3. The molecule has 1 N–H and O–H groups in total. The van der Waals surface area contributed by atoms with E-state index in [9.17, 15) is 9.36 Å². The molecule has 144 valence electrons. The molecule has 0 aliphatic rings. The van der Waals surface area contributed by atoms with Crippen molar-refractivity contribution in [2.45, 2.75) is 5.65 Å². The topological polar surface area (TPSA) is 92.3 Å². The van der Waals surface area contributed by atoms with Crippen LogP contribution >= 0.6 is 8.46 Å². The predicted molar refractivity (Wildman–Crippen MR) is 97.6 cm³/mol. The third kappa shape index (κ3) is 5.32. The van der Waals surface area contributed by atoms with Crippen LogP contribution in [-0.2, 0) is 14.1 Å². The van der Waals surface area contributed by atoms with Crippen molar-refractivity contribution in [1.82, 2.24) is 5.32 Å². The van der Waals surface area contributed by atoms with Gasteiger partial charge in [-0.05, 0) is 24.3 Å². The van der Waals surface area contributed by atoms with Gasteiger partial charge in [0.1, 0.15) is 6.54 Å². The van der Waals surface area contributed by atoms with Crippen LogP contribution in [0.2, 0.25) is 0 Å². The average Bonchev–Trinajstić information content (AvgIpc) is 2.72. The molecule has 0 bridgehead atoms. The van der Waals surface area contributed by atoms with Gasteiger partial charge < -0.3 is 23.7 Å². The van der Waals surface area contributed by atoms with Crippen molar-refractivity contribution in [3.8, 4) is 23.0 Å². The zero-order valence-corrected chi connectivity index (χ0v) is 16.0. The van der Waals surface area contributed by atoms with E-state index in [1.54, 1.807) is 48.5 Å². The molecular formula is C18H20NO7P. The Bertz CT molecular complexity index is 734. The quantitative estimate of drug-likeness (QED) is 0.374. The Morgan fingerprint density at radius 3 is 1.70 bits per heavy atom. The van der Waals surface area contributed by atoms with Gasteiger partial charge in [-0.2, -0.15) is 0 Å². The first-order valence-corrected chi connectivity index (χ1v) is 8.69. The summed E-state index contributed by atoms with van der Waals surface area (Å²) in [5.74, 6) is 0.726. The molecule has 0 unspecified atom stereocenters. The zero-order chi connectivity index (χ0) is 19.7. The zero-order valence-electron chi connectivity index (χ0n) is 15.1. The van der Waals surface area contributed by atoms with Crippen LogP contribution in [-0.4, -0.2) is 39.5 Å². The van der Waals surface area contributed by atoms with Gasteiger partial charge in [0.05, 0.1) is 21.3 Å². The van der Waals surface area contributed by atoms with E-state index in [0.717, 1.165) is 0 Å². The molecule has 0 radical (unpaired) electrons. The molecule has 0 saturated heterocycles. The van der Waals surface area contributed by atoms with Crippen molar-refractivity contribution in [2.75, 3.05) is 27.9 Å². The first-order chi connectivity index (χ1) is 13.1. The fourth-order valence-electron chi connectivity index (χ4n) is 2.12. The molecule has 9 heteroatoms. The molecule has 0 amide bonds. The first kappa shape index (κ1) is 20.5. The lowest BCUT2D eigenvalue weighted by molar-refractivity contribution is -0.142. The fourth-order valence-corrected chi connectivity index (χ4v) is 2.54. The number of carbonyl (C=O) groups excluding carboxylic acids is 1. The summed E-state index contributed by atoms with van der Waals surface area (Å²) in [5.41, 5.74) is -1.93. The van der Waals surface area contributed by atoms with Gasteiger partial charge in [-0.15, -0.1) is 0 Å². The molecular weight excluding hydrogens is 373 g/mol. The van der Waals surface area contributed by atoms with Gasteiger partial charge in [-0.25, -0.2) is 5.32 Å². The van der Waals surface area contributed by atoms with Crippen LogP contribution in [0.25, 0.3) is 0 Å². The Morgan fingerprint density at radius 1 is 0.889 bits per heavy atom. The summed E-state index contributed by atoms with van der Waals surface area (Å²) in [6, 6.07) is 13.5. The molecule has 0 saturated carbocycles. The molecule has 0 fully saturated rings. The fraction of sp³-hybridized carbons (Fsp3) is 0.278. The summed E-state index contributed by atoms with van der Waals surface area (Å²) in [5, 5.41) is 2.68. The maximum absolute atomic E-state index is 12.1. The molecule has 0 heterocycles. The first-order valence-electron chi connectivity index (χ1n) is 7.88. The number of carbonyl (C=O) groups is 1. The van der Waals surface area contributed by atoms with Crippen LogP contribution < -0.4 is 24.3 Å². The van der Waals surface area contributed by atoms with Gasteiger partial charge in [0, 0.05) is 0 Å². The van der Waals surface area contributed by atoms with Crippen molar-refractivity contribution in [3.05, 3.63) is 48.5 Å². The largest absolute Gasteiger partial charge is 0.493 e. The molecule has 0 aliphatic heterocycles. The summed E-state index contributed by atoms with van der Waals surface area (Å²) in [4.78, 5) is 11.6. The molecule has 0 spiro atoms. The van der Waals surface area contributed by atoms with Crippen LogP contribution in [0.5, 0.6) is 23.0 Å². The highest BCUT2D eigenvalue weighted by atomic mass is 31.1. The monoisotopic (exact) mass is 393 g/mol. The van der Waals surface area contributed by atoms with Gasteiger partial charge >= 0.3 is 11.6 Å². The lowest BCUT2D eigenvalue weighted by atomic mass is 10.3. The SMILES string of the molecule is COC(=O)CNC(Oc1ccccc1OC)(Oc1ccccc1OC)P=O. The van der Waals surface area contributed by atoms with Gasteiger partial charge in [-0.3, -0.25) is 9.36 Å². The van der Waals surface area contributed by atoms with E-state index in [1.165, 1.54) is 21.3 Å². The van der Waals surface area contributed by atoms with E-state index in [0.29, 0.717) is 11.5 Å². The third-order valence-corrected chi connectivity index (χ3v) is 4.02. The number of methoxy groups -OCH3 is 3. The van der Waals surface area contributed by atoms with E-state index < -0.39 is 20.1 Å². The van der Waals surface area contributed by atoms with Crippen molar-refractivity contribution < 1.29 is 33.0 Å². The molecule has 0 aromatic heterocycles. The third-order valence-electron chi connectivity index (χ3n) is 3.44. The van der Waals surface area contributed by atoms with Gasteiger partial charge in [0.2, 0.25) is 0 Å². The minimum Gasteiger partial charge on any atom is -0.493 e. The van der Waals surface area contributed by atoms with Crippen molar-refractivity contribution in [3.63, 3.8) is 0 Å². The summed E-state index contributed by atoms with van der Waals surface area (Å²) in [7, 11) is 3.59. The highest BCUT2D eigenvalue weighted by Gasteiger charge is 2.39. The molecule has 2 rings (SSSR count). The van der Waals surface area contributed by atoms with E-state index in [4.69, 9.17) is 18.9 Å². The van der Waals surface area contributed by atoms with Crippen molar-refractivity contribution >= 4 is 14.4 Å². The number of benzene rings is 2. The van der Waals surface area contributed by atoms with Gasteiger partial charge in [0.25, 0.3) is 8.46 Å².